The Morgan fingerprint density at radius 2 is 0.767 bits per heavy atom. The topological polar surface area (TPSA) is 12.4 Å². The van der Waals surface area contributed by atoms with E-state index in [1.165, 1.54) is 10.7 Å². The van der Waals surface area contributed by atoms with Crippen LogP contribution in [0.4, 0.5) is 0 Å². The van der Waals surface area contributed by atoms with Crippen LogP contribution in [0.1, 0.15) is 41.5 Å². The number of hydrogen-bond acceptors (Lipinski definition) is 1. The summed E-state index contributed by atoms with van der Waals surface area (Å²) in [5.74, 6) is 0. The van der Waals surface area contributed by atoms with Gasteiger partial charge in [-0.15, -0.1) is 0 Å². The van der Waals surface area contributed by atoms with Crippen LogP contribution in [0.3, 0.4) is 0 Å². The first-order valence-corrected chi connectivity index (χ1v) is 18.7. The van der Waals surface area contributed by atoms with Gasteiger partial charge in [0, 0.05) is 0 Å². The van der Waals surface area contributed by atoms with Crippen molar-refractivity contribution in [1.82, 2.24) is 0 Å². The van der Waals surface area contributed by atoms with Gasteiger partial charge in [0.15, 0.2) is 0 Å². The van der Waals surface area contributed by atoms with E-state index >= 15 is 0 Å². The average molecular weight is 524 g/mol. The molecule has 0 saturated heterocycles. The van der Waals surface area contributed by atoms with Crippen molar-refractivity contribution in [2.45, 2.75) is 58.5 Å². The van der Waals surface area contributed by atoms with Gasteiger partial charge in [-0.2, -0.15) is 0 Å². The van der Waals surface area contributed by atoms with Crippen LogP contribution < -0.4 is 10.7 Å². The van der Waals surface area contributed by atoms with Crippen molar-refractivity contribution >= 4 is 36.4 Å². The second-order valence-corrected chi connectivity index (χ2v) is 24.6. The first-order chi connectivity index (χ1) is 14.4. The van der Waals surface area contributed by atoms with Crippen LogP contribution >= 0.6 is 7.05 Å². The molecule has 0 unspecified atom stereocenters. The fraction of sp³-hybridized carbons (Fsp3) is 0.333. The van der Waals surface area contributed by atoms with Gasteiger partial charge in [0.1, 0.15) is 0 Å². The number of nitrogens with zero attached hydrogens (tertiary/aromatic N) is 1. The Morgan fingerprint density at radius 3 is 1.00 bits per heavy atom. The predicted octanol–water partition coefficient (Wildman–Crippen LogP) is 6.08. The molecular formula is C27H36NPSn. The van der Waals surface area contributed by atoms with Crippen LogP contribution in [-0.2, 0) is 0 Å². The van der Waals surface area contributed by atoms with E-state index in [4.69, 9.17) is 2.97 Å². The molecule has 0 fully saturated rings. The minimum absolute atomic E-state index is 0.574. The molecule has 1 nitrogen and oxygen atoms in total. The third kappa shape index (κ3) is 4.21. The molecule has 0 atom stereocenters. The predicted molar refractivity (Wildman–Crippen MR) is 139 cm³/mol. The van der Waals surface area contributed by atoms with Gasteiger partial charge in [0.2, 0.25) is 0 Å². The molecular weight excluding hydrogens is 488 g/mol. The average Bonchev–Trinajstić information content (AvgIpc) is 2.76. The van der Waals surface area contributed by atoms with E-state index in [0.29, 0.717) is 17.0 Å². The van der Waals surface area contributed by atoms with E-state index in [1.807, 2.05) is 0 Å². The fourth-order valence-electron chi connectivity index (χ4n) is 5.11. The first kappa shape index (κ1) is 23.4. The summed E-state index contributed by atoms with van der Waals surface area (Å²) in [7, 11) is -1.61. The summed E-state index contributed by atoms with van der Waals surface area (Å²) in [6.45, 7) is 14.5. The molecule has 3 aromatic carbocycles. The van der Waals surface area contributed by atoms with E-state index in [2.05, 4.69) is 133 Å². The SMILES string of the molecule is CC(C)P(=[N][Sn]([c]1ccccc1)([c]1ccccc1)[c]1ccccc1)(C(C)C)C(C)C. The van der Waals surface area contributed by atoms with Crippen molar-refractivity contribution in [1.29, 1.82) is 0 Å². The molecule has 0 aliphatic rings. The van der Waals surface area contributed by atoms with Crippen LogP contribution in [-0.4, -0.2) is 35.6 Å². The van der Waals surface area contributed by atoms with Crippen LogP contribution in [0.2, 0.25) is 0 Å². The van der Waals surface area contributed by atoms with Crippen molar-refractivity contribution in [2.75, 3.05) is 0 Å². The first-order valence-electron chi connectivity index (χ1n) is 11.1. The number of hydrogen-bond donors (Lipinski definition) is 0. The Bertz CT molecular complexity index is 854. The van der Waals surface area contributed by atoms with E-state index in [1.54, 1.807) is 0 Å². The second-order valence-electron chi connectivity index (χ2n) is 8.98. The molecule has 0 saturated carbocycles. The summed E-state index contributed by atoms with van der Waals surface area (Å²) < 4.78 is 10.6. The number of benzene rings is 3. The summed E-state index contributed by atoms with van der Waals surface area (Å²) in [4.78, 5) is 0. The van der Waals surface area contributed by atoms with Crippen LogP contribution in [0.5, 0.6) is 0 Å². The van der Waals surface area contributed by atoms with Crippen molar-refractivity contribution in [3.8, 4) is 0 Å². The van der Waals surface area contributed by atoms with E-state index < -0.39 is 25.7 Å². The Balaban J connectivity index is 2.55. The molecule has 0 N–H and O–H groups in total. The Hall–Kier alpha value is -1.31. The zero-order chi connectivity index (χ0) is 21.8. The Kier molecular flexibility index (Phi) is 7.69. The van der Waals surface area contributed by atoms with E-state index in [-0.39, 0.29) is 0 Å². The molecule has 0 aliphatic heterocycles. The summed E-state index contributed by atoms with van der Waals surface area (Å²) in [6, 6.07) is 33.6. The van der Waals surface area contributed by atoms with Gasteiger partial charge in [-0.3, -0.25) is 0 Å². The zero-order valence-corrected chi connectivity index (χ0v) is 23.0. The third-order valence-corrected chi connectivity index (χ3v) is 27.5. The van der Waals surface area contributed by atoms with Crippen molar-refractivity contribution < 1.29 is 0 Å². The molecule has 0 radical (unpaired) electrons. The summed E-state index contributed by atoms with van der Waals surface area (Å²) >= 11 is -3.63. The molecule has 0 aliphatic carbocycles. The maximum absolute atomic E-state index is 6.27. The van der Waals surface area contributed by atoms with E-state index in [0.717, 1.165) is 0 Å². The molecule has 0 amide bonds. The second kappa shape index (κ2) is 9.88. The molecule has 3 heteroatoms. The molecule has 0 bridgehead atoms. The van der Waals surface area contributed by atoms with Crippen molar-refractivity contribution in [3.63, 3.8) is 0 Å². The monoisotopic (exact) mass is 525 g/mol. The van der Waals surface area contributed by atoms with Crippen molar-refractivity contribution in [2.24, 2.45) is 2.97 Å². The zero-order valence-electron chi connectivity index (χ0n) is 19.3. The molecule has 3 aromatic rings. The fourth-order valence-corrected chi connectivity index (χ4v) is 32.2. The standard InChI is InChI=1S/C9H21NP.3C6H5.Sn/c1-7(2)11(10,8(3)4)9(5)6;3*1-2-4-6-5-3-1;/h7-9H,1-6H3;3*1-5H;/q-1;;;;+1. The Labute approximate surface area is 188 Å². The van der Waals surface area contributed by atoms with Gasteiger partial charge >= 0.3 is 189 Å². The van der Waals surface area contributed by atoms with Gasteiger partial charge in [-0.05, 0) is 0 Å². The molecule has 30 heavy (non-hydrogen) atoms. The molecule has 0 spiro atoms. The minimum atomic E-state index is -3.63. The summed E-state index contributed by atoms with van der Waals surface area (Å²) in [5.41, 5.74) is 1.72. The van der Waals surface area contributed by atoms with Crippen LogP contribution in [0, 0.1) is 0 Å². The van der Waals surface area contributed by atoms with Crippen LogP contribution in [0.15, 0.2) is 94.0 Å². The molecule has 158 valence electrons. The van der Waals surface area contributed by atoms with Gasteiger partial charge in [-0.25, -0.2) is 0 Å². The summed E-state index contributed by atoms with van der Waals surface area (Å²) in [5, 5.41) is 0. The third-order valence-electron chi connectivity index (χ3n) is 6.38. The summed E-state index contributed by atoms with van der Waals surface area (Å²) in [6.07, 6.45) is 0. The molecule has 3 rings (SSSR count). The van der Waals surface area contributed by atoms with Gasteiger partial charge in [0.05, 0.1) is 0 Å². The van der Waals surface area contributed by atoms with Gasteiger partial charge in [0.25, 0.3) is 0 Å². The van der Waals surface area contributed by atoms with Crippen molar-refractivity contribution in [3.05, 3.63) is 91.0 Å². The van der Waals surface area contributed by atoms with E-state index in [9.17, 15) is 0 Å². The molecule has 0 heterocycles. The Morgan fingerprint density at radius 1 is 0.500 bits per heavy atom. The normalized spacial score (nSPS) is 12.6. The van der Waals surface area contributed by atoms with Gasteiger partial charge in [-0.1, -0.05) is 0 Å². The van der Waals surface area contributed by atoms with Crippen LogP contribution in [0.25, 0.3) is 0 Å². The van der Waals surface area contributed by atoms with Gasteiger partial charge < -0.3 is 0 Å². The maximum atomic E-state index is 6.27. The molecule has 0 aromatic heterocycles. The number of rotatable bonds is 7. The quantitative estimate of drug-likeness (QED) is 0.263.